The summed E-state index contributed by atoms with van der Waals surface area (Å²) in [5.74, 6) is 4.20. The fourth-order valence-corrected chi connectivity index (χ4v) is 4.60. The molecule has 0 spiro atoms. The summed E-state index contributed by atoms with van der Waals surface area (Å²) in [6.45, 7) is 4.21. The Morgan fingerprint density at radius 2 is 2.12 bits per heavy atom. The monoisotopic (exact) mass is 231 g/mol. The van der Waals surface area contributed by atoms with Gasteiger partial charge < -0.3 is 9.88 Å². The summed E-state index contributed by atoms with van der Waals surface area (Å²) in [5.41, 5.74) is 1.34. The molecule has 1 N–H and O–H groups in total. The van der Waals surface area contributed by atoms with E-state index in [1.54, 1.807) is 6.42 Å². The van der Waals surface area contributed by atoms with E-state index in [0.29, 0.717) is 0 Å². The van der Waals surface area contributed by atoms with Gasteiger partial charge in [0.25, 0.3) is 0 Å². The Kier molecular flexibility index (Phi) is 2.13. The van der Waals surface area contributed by atoms with Gasteiger partial charge in [0.05, 0.1) is 12.0 Å². The van der Waals surface area contributed by atoms with Crippen LogP contribution in [0.25, 0.3) is 0 Å². The van der Waals surface area contributed by atoms with Gasteiger partial charge in [-0.2, -0.15) is 0 Å². The van der Waals surface area contributed by atoms with Crippen LogP contribution in [0.2, 0.25) is 0 Å². The van der Waals surface area contributed by atoms with Crippen molar-refractivity contribution in [2.45, 2.75) is 45.3 Å². The van der Waals surface area contributed by atoms with E-state index in [1.807, 2.05) is 12.5 Å². The first-order valence-corrected chi connectivity index (χ1v) is 7.11. The van der Waals surface area contributed by atoms with E-state index < -0.39 is 0 Å². The minimum Gasteiger partial charge on any atom is -0.334 e. The van der Waals surface area contributed by atoms with Gasteiger partial charge in [0.2, 0.25) is 0 Å². The van der Waals surface area contributed by atoms with E-state index in [2.05, 4.69) is 21.8 Å². The van der Waals surface area contributed by atoms with E-state index in [0.717, 1.165) is 42.8 Å². The summed E-state index contributed by atoms with van der Waals surface area (Å²) in [5, 5.41) is 3.78. The van der Waals surface area contributed by atoms with Crippen LogP contribution >= 0.6 is 0 Å². The molecule has 0 aromatic carbocycles. The van der Waals surface area contributed by atoms with Crippen molar-refractivity contribution in [2.24, 2.45) is 23.7 Å². The molecule has 3 aliphatic carbocycles. The second-order valence-corrected chi connectivity index (χ2v) is 6.07. The van der Waals surface area contributed by atoms with Crippen LogP contribution in [0.1, 0.15) is 31.9 Å². The Bertz CT molecular complexity index is 409. The molecule has 0 saturated heterocycles. The molecule has 4 atom stereocenters. The predicted octanol–water partition coefficient (Wildman–Crippen LogP) is 2.04. The molecule has 0 radical (unpaired) electrons. The number of nitrogens with zero attached hydrogens (tertiary/aromatic N) is 2. The molecular formula is C14H21N3. The fourth-order valence-electron chi connectivity index (χ4n) is 4.60. The van der Waals surface area contributed by atoms with E-state index >= 15 is 0 Å². The Labute approximate surface area is 103 Å². The van der Waals surface area contributed by atoms with Crippen LogP contribution in [0.15, 0.2) is 12.5 Å². The molecular weight excluding hydrogens is 210 g/mol. The average molecular weight is 231 g/mol. The van der Waals surface area contributed by atoms with Gasteiger partial charge >= 0.3 is 0 Å². The number of aromatic nitrogens is 2. The average Bonchev–Trinajstić information content (AvgIpc) is 2.80. The molecule has 4 rings (SSSR count). The van der Waals surface area contributed by atoms with Gasteiger partial charge in [0.1, 0.15) is 0 Å². The second kappa shape index (κ2) is 3.58. The van der Waals surface area contributed by atoms with Crippen molar-refractivity contribution in [3.63, 3.8) is 0 Å². The summed E-state index contributed by atoms with van der Waals surface area (Å²) in [7, 11) is 0. The molecule has 3 fully saturated rings. The lowest BCUT2D eigenvalue weighted by Crippen LogP contribution is -2.23. The molecule has 3 nitrogen and oxygen atoms in total. The zero-order valence-corrected chi connectivity index (χ0v) is 10.5. The summed E-state index contributed by atoms with van der Waals surface area (Å²) in [6, 6.07) is 0.835. The van der Waals surface area contributed by atoms with Crippen molar-refractivity contribution in [2.75, 3.05) is 0 Å². The fraction of sp³-hybridized carbons (Fsp3) is 0.786. The molecule has 3 saturated carbocycles. The number of fused-ring (bicyclic) bond motifs is 5. The largest absolute Gasteiger partial charge is 0.334 e. The van der Waals surface area contributed by atoms with Gasteiger partial charge in [0.15, 0.2) is 0 Å². The van der Waals surface area contributed by atoms with Crippen LogP contribution in [0, 0.1) is 23.7 Å². The molecule has 0 aliphatic heterocycles. The molecule has 3 heteroatoms. The number of aryl methyl sites for hydroxylation is 1. The third-order valence-electron chi connectivity index (χ3n) is 5.39. The van der Waals surface area contributed by atoms with Crippen molar-refractivity contribution in [1.82, 2.24) is 14.9 Å². The molecule has 3 aliphatic rings. The molecule has 1 aromatic rings. The van der Waals surface area contributed by atoms with Crippen molar-refractivity contribution in [3.8, 4) is 0 Å². The maximum atomic E-state index is 4.23. The summed E-state index contributed by atoms with van der Waals surface area (Å²) in [6.07, 6.45) is 8.51. The van der Waals surface area contributed by atoms with Crippen molar-refractivity contribution in [3.05, 3.63) is 18.2 Å². The Morgan fingerprint density at radius 3 is 2.82 bits per heavy atom. The van der Waals surface area contributed by atoms with Crippen molar-refractivity contribution in [1.29, 1.82) is 0 Å². The molecule has 2 bridgehead atoms. The maximum Gasteiger partial charge on any atom is 0.0948 e. The van der Waals surface area contributed by atoms with Crippen LogP contribution in [0.3, 0.4) is 0 Å². The number of hydrogen-bond acceptors (Lipinski definition) is 2. The Balaban J connectivity index is 1.38. The standard InChI is InChI=1S/C14H21N3/c1-2-17-8-15-6-11(17)7-16-14-12-9-3-4-10(5-9)13(12)14/h6,8-10,12-14,16H,2-5,7H2,1H3. The van der Waals surface area contributed by atoms with E-state index in [-0.39, 0.29) is 0 Å². The summed E-state index contributed by atoms with van der Waals surface area (Å²) >= 11 is 0. The number of imidazole rings is 1. The molecule has 1 aromatic heterocycles. The first kappa shape index (κ1) is 10.1. The molecule has 4 unspecified atom stereocenters. The van der Waals surface area contributed by atoms with Gasteiger partial charge in [-0.05, 0) is 49.9 Å². The summed E-state index contributed by atoms with van der Waals surface area (Å²) < 4.78 is 2.24. The second-order valence-electron chi connectivity index (χ2n) is 6.07. The molecule has 0 amide bonds. The highest BCUT2D eigenvalue weighted by Gasteiger charge is 2.64. The highest BCUT2D eigenvalue weighted by atomic mass is 15.1. The number of nitrogens with one attached hydrogen (secondary N) is 1. The van der Waals surface area contributed by atoms with Gasteiger partial charge in [0, 0.05) is 25.3 Å². The Morgan fingerprint density at radius 1 is 1.35 bits per heavy atom. The van der Waals surface area contributed by atoms with Gasteiger partial charge in [-0.15, -0.1) is 0 Å². The van der Waals surface area contributed by atoms with Gasteiger partial charge in [-0.25, -0.2) is 4.98 Å². The normalized spacial score (nSPS) is 41.8. The van der Waals surface area contributed by atoms with Crippen molar-refractivity contribution >= 4 is 0 Å². The Hall–Kier alpha value is -0.830. The molecule has 17 heavy (non-hydrogen) atoms. The third kappa shape index (κ3) is 1.41. The first-order chi connectivity index (χ1) is 8.38. The van der Waals surface area contributed by atoms with E-state index in [9.17, 15) is 0 Å². The summed E-state index contributed by atoms with van der Waals surface area (Å²) in [4.78, 5) is 4.23. The quantitative estimate of drug-likeness (QED) is 0.859. The van der Waals surface area contributed by atoms with Crippen LogP contribution in [-0.2, 0) is 13.1 Å². The SMILES string of the molecule is CCn1cncc1CNC1C2C3CCC(C3)C12. The topological polar surface area (TPSA) is 29.9 Å². The molecule has 92 valence electrons. The number of hydrogen-bond donors (Lipinski definition) is 1. The predicted molar refractivity (Wildman–Crippen MR) is 66.3 cm³/mol. The van der Waals surface area contributed by atoms with E-state index in [1.165, 1.54) is 18.5 Å². The van der Waals surface area contributed by atoms with Crippen LogP contribution in [-0.4, -0.2) is 15.6 Å². The zero-order chi connectivity index (χ0) is 11.4. The lowest BCUT2D eigenvalue weighted by molar-refractivity contribution is 0.456. The lowest BCUT2D eigenvalue weighted by Gasteiger charge is -2.11. The van der Waals surface area contributed by atoms with Gasteiger partial charge in [-0.3, -0.25) is 0 Å². The van der Waals surface area contributed by atoms with Crippen molar-refractivity contribution < 1.29 is 0 Å². The number of rotatable bonds is 4. The lowest BCUT2D eigenvalue weighted by atomic mass is 10.0. The minimum atomic E-state index is 0.835. The van der Waals surface area contributed by atoms with Gasteiger partial charge in [-0.1, -0.05) is 0 Å². The first-order valence-electron chi connectivity index (χ1n) is 7.11. The zero-order valence-electron chi connectivity index (χ0n) is 10.5. The van der Waals surface area contributed by atoms with Crippen LogP contribution in [0.5, 0.6) is 0 Å². The van der Waals surface area contributed by atoms with Crippen LogP contribution < -0.4 is 5.32 Å². The minimum absolute atomic E-state index is 0.835. The third-order valence-corrected chi connectivity index (χ3v) is 5.39. The van der Waals surface area contributed by atoms with E-state index in [4.69, 9.17) is 0 Å². The van der Waals surface area contributed by atoms with Crippen LogP contribution in [0.4, 0.5) is 0 Å². The maximum absolute atomic E-state index is 4.23. The smallest absolute Gasteiger partial charge is 0.0948 e. The highest BCUT2D eigenvalue weighted by Crippen LogP contribution is 2.65. The molecule has 1 heterocycles. The highest BCUT2D eigenvalue weighted by molar-refractivity contribution is 5.17.